The van der Waals surface area contributed by atoms with E-state index in [1.165, 1.54) is 16.0 Å². The molecule has 0 spiro atoms. The second-order valence-corrected chi connectivity index (χ2v) is 7.40. The number of carbonyl (C=O) groups is 1. The molecule has 3 rings (SSSR count). The van der Waals surface area contributed by atoms with E-state index in [0.717, 1.165) is 17.7 Å². The maximum absolute atomic E-state index is 10.8. The van der Waals surface area contributed by atoms with Crippen molar-refractivity contribution in [3.63, 3.8) is 0 Å². The summed E-state index contributed by atoms with van der Waals surface area (Å²) in [4.78, 5) is 13.7. The third-order valence-electron chi connectivity index (χ3n) is 4.22. The van der Waals surface area contributed by atoms with Gasteiger partial charge in [-0.25, -0.2) is 0 Å². The minimum atomic E-state index is -0.831. The molecule has 5 heteroatoms. The second-order valence-electron chi connectivity index (χ2n) is 6.45. The molecule has 0 aliphatic carbocycles. The van der Waals surface area contributed by atoms with E-state index >= 15 is 0 Å². The normalized spacial score (nSPS) is 10.9. The predicted molar refractivity (Wildman–Crippen MR) is 110 cm³/mol. The van der Waals surface area contributed by atoms with Gasteiger partial charge < -0.3 is 9.84 Å². The molecule has 0 atom stereocenters. The fraction of sp³-hybridized carbons (Fsp3) is 0.227. The fourth-order valence-corrected chi connectivity index (χ4v) is 3.64. The Morgan fingerprint density at radius 2 is 1.89 bits per heavy atom. The van der Waals surface area contributed by atoms with Crippen molar-refractivity contribution < 1.29 is 14.6 Å². The van der Waals surface area contributed by atoms with E-state index in [0.29, 0.717) is 13.2 Å². The van der Waals surface area contributed by atoms with Crippen molar-refractivity contribution >= 4 is 17.3 Å². The lowest BCUT2D eigenvalue weighted by molar-refractivity contribution is -0.138. The fourth-order valence-electron chi connectivity index (χ4n) is 2.89. The summed E-state index contributed by atoms with van der Waals surface area (Å²) < 4.78 is 5.99. The lowest BCUT2D eigenvalue weighted by atomic mass is 10.0. The zero-order chi connectivity index (χ0) is 19.1. The van der Waals surface area contributed by atoms with Crippen LogP contribution < -0.4 is 4.74 Å². The molecule has 0 amide bonds. The number of aliphatic carboxylic acids is 1. The van der Waals surface area contributed by atoms with Gasteiger partial charge in [0.05, 0.1) is 6.54 Å². The van der Waals surface area contributed by atoms with Crippen LogP contribution in [0.25, 0.3) is 10.4 Å². The monoisotopic (exact) mass is 381 g/mol. The first kappa shape index (κ1) is 19.1. The Labute approximate surface area is 163 Å². The van der Waals surface area contributed by atoms with Gasteiger partial charge >= 0.3 is 5.97 Å². The summed E-state index contributed by atoms with van der Waals surface area (Å²) in [6.07, 6.45) is 0.876. The first-order valence-electron chi connectivity index (χ1n) is 8.85. The molecule has 4 nitrogen and oxygen atoms in total. The number of carboxylic acids is 1. The van der Waals surface area contributed by atoms with Crippen LogP contribution in [0.15, 0.2) is 66.0 Å². The Morgan fingerprint density at radius 3 is 2.59 bits per heavy atom. The summed E-state index contributed by atoms with van der Waals surface area (Å²) in [5.74, 6) is 0.0000242. The van der Waals surface area contributed by atoms with E-state index in [1.807, 2.05) is 18.2 Å². The molecule has 0 aliphatic rings. The number of thiophene rings is 1. The molecule has 140 valence electrons. The van der Waals surface area contributed by atoms with Crippen LogP contribution in [0.4, 0.5) is 0 Å². The SMILES string of the molecule is CN(CCOc1ccc(Cc2ccccc2)cc1-c1cccs1)CC(=O)O. The van der Waals surface area contributed by atoms with Crippen molar-refractivity contribution in [3.8, 4) is 16.2 Å². The molecule has 0 saturated heterocycles. The maximum atomic E-state index is 10.8. The lowest BCUT2D eigenvalue weighted by Crippen LogP contribution is -2.29. The smallest absolute Gasteiger partial charge is 0.317 e. The molecule has 1 aromatic heterocycles. The van der Waals surface area contributed by atoms with Gasteiger partial charge in [0.2, 0.25) is 0 Å². The van der Waals surface area contributed by atoms with Crippen molar-refractivity contribution in [2.24, 2.45) is 0 Å². The zero-order valence-electron chi connectivity index (χ0n) is 15.3. The number of carboxylic acid groups (broad SMARTS) is 1. The average Bonchev–Trinajstić information content (AvgIpc) is 3.17. The molecule has 0 radical (unpaired) electrons. The number of rotatable bonds is 9. The average molecular weight is 381 g/mol. The summed E-state index contributed by atoms with van der Waals surface area (Å²) >= 11 is 1.69. The largest absolute Gasteiger partial charge is 0.492 e. The molecule has 1 heterocycles. The number of hydrogen-bond donors (Lipinski definition) is 1. The maximum Gasteiger partial charge on any atom is 0.317 e. The number of nitrogens with zero attached hydrogens (tertiary/aromatic N) is 1. The minimum absolute atomic E-state index is 0.0111. The van der Waals surface area contributed by atoms with Crippen molar-refractivity contribution in [2.75, 3.05) is 26.7 Å². The number of hydrogen-bond acceptors (Lipinski definition) is 4. The molecule has 3 aromatic rings. The van der Waals surface area contributed by atoms with Crippen LogP contribution >= 0.6 is 11.3 Å². The molecule has 27 heavy (non-hydrogen) atoms. The van der Waals surface area contributed by atoms with Crippen molar-refractivity contribution in [1.29, 1.82) is 0 Å². The molecular weight excluding hydrogens is 358 g/mol. The highest BCUT2D eigenvalue weighted by Crippen LogP contribution is 2.34. The Morgan fingerprint density at radius 1 is 1.07 bits per heavy atom. The highest BCUT2D eigenvalue weighted by atomic mass is 32.1. The van der Waals surface area contributed by atoms with Crippen LogP contribution in [0.1, 0.15) is 11.1 Å². The van der Waals surface area contributed by atoms with Gasteiger partial charge in [-0.3, -0.25) is 9.69 Å². The van der Waals surface area contributed by atoms with Gasteiger partial charge in [0.25, 0.3) is 0 Å². The summed E-state index contributed by atoms with van der Waals surface area (Å²) in [5, 5.41) is 10.9. The van der Waals surface area contributed by atoms with E-state index in [2.05, 4.69) is 47.8 Å². The van der Waals surface area contributed by atoms with E-state index in [4.69, 9.17) is 9.84 Å². The molecule has 0 saturated carbocycles. The number of benzene rings is 2. The summed E-state index contributed by atoms with van der Waals surface area (Å²) in [6.45, 7) is 1.01. The Bertz CT molecular complexity index is 863. The van der Waals surface area contributed by atoms with Gasteiger partial charge in [0, 0.05) is 17.0 Å². The van der Waals surface area contributed by atoms with Gasteiger partial charge in [-0.15, -0.1) is 11.3 Å². The third kappa shape index (κ3) is 5.67. The quantitative estimate of drug-likeness (QED) is 0.597. The summed E-state index contributed by atoms with van der Waals surface area (Å²) in [5.41, 5.74) is 3.60. The minimum Gasteiger partial charge on any atom is -0.492 e. The molecule has 1 N–H and O–H groups in total. The third-order valence-corrected chi connectivity index (χ3v) is 5.12. The molecule has 0 aliphatic heterocycles. The van der Waals surface area contributed by atoms with Gasteiger partial charge in [0.1, 0.15) is 12.4 Å². The summed E-state index contributed by atoms with van der Waals surface area (Å²) in [6, 6.07) is 20.8. The lowest BCUT2D eigenvalue weighted by Gasteiger charge is -2.16. The first-order valence-corrected chi connectivity index (χ1v) is 9.73. The van der Waals surface area contributed by atoms with Crippen molar-refractivity contribution in [1.82, 2.24) is 4.90 Å². The zero-order valence-corrected chi connectivity index (χ0v) is 16.1. The van der Waals surface area contributed by atoms with E-state index in [9.17, 15) is 4.79 Å². The molecular formula is C22H23NO3S. The van der Waals surface area contributed by atoms with E-state index < -0.39 is 5.97 Å². The Hall–Kier alpha value is -2.63. The molecule has 0 bridgehead atoms. The van der Waals surface area contributed by atoms with E-state index in [-0.39, 0.29) is 6.54 Å². The number of ether oxygens (including phenoxy) is 1. The first-order chi connectivity index (χ1) is 13.1. The molecule has 2 aromatic carbocycles. The Balaban J connectivity index is 1.74. The molecule has 0 unspecified atom stereocenters. The van der Waals surface area contributed by atoms with Crippen LogP contribution in [-0.2, 0) is 11.2 Å². The van der Waals surface area contributed by atoms with Crippen LogP contribution in [-0.4, -0.2) is 42.7 Å². The Kier molecular flexibility index (Phi) is 6.63. The van der Waals surface area contributed by atoms with Crippen LogP contribution in [0.2, 0.25) is 0 Å². The predicted octanol–water partition coefficient (Wildman–Crippen LogP) is 4.40. The van der Waals surface area contributed by atoms with Crippen molar-refractivity contribution in [3.05, 3.63) is 77.2 Å². The van der Waals surface area contributed by atoms with Gasteiger partial charge in [0.15, 0.2) is 0 Å². The van der Waals surface area contributed by atoms with Gasteiger partial charge in [-0.05, 0) is 48.2 Å². The van der Waals surface area contributed by atoms with E-state index in [1.54, 1.807) is 23.3 Å². The second kappa shape index (κ2) is 9.35. The standard InChI is InChI=1S/C22H23NO3S/c1-23(16-22(24)25)11-12-26-20-10-9-18(14-17-6-3-2-4-7-17)15-19(20)21-8-5-13-27-21/h2-10,13,15H,11-12,14,16H2,1H3,(H,24,25). The van der Waals surface area contributed by atoms with Gasteiger partial charge in [-0.1, -0.05) is 42.5 Å². The highest BCUT2D eigenvalue weighted by Gasteiger charge is 2.11. The molecule has 0 fully saturated rings. The number of likely N-dealkylation sites (N-methyl/N-ethyl adjacent to an activating group) is 1. The topological polar surface area (TPSA) is 49.8 Å². The van der Waals surface area contributed by atoms with Crippen molar-refractivity contribution in [2.45, 2.75) is 6.42 Å². The van der Waals surface area contributed by atoms with Crippen LogP contribution in [0, 0.1) is 0 Å². The summed E-state index contributed by atoms with van der Waals surface area (Å²) in [7, 11) is 1.78. The van der Waals surface area contributed by atoms with Crippen LogP contribution in [0.5, 0.6) is 5.75 Å². The van der Waals surface area contributed by atoms with Gasteiger partial charge in [-0.2, -0.15) is 0 Å². The highest BCUT2D eigenvalue weighted by molar-refractivity contribution is 7.13. The van der Waals surface area contributed by atoms with Crippen LogP contribution in [0.3, 0.4) is 0 Å².